The lowest BCUT2D eigenvalue weighted by Gasteiger charge is -2.23. The molecular weight excluding hydrogens is 210 g/mol. The summed E-state index contributed by atoms with van der Waals surface area (Å²) in [5.41, 5.74) is 5.28. The van der Waals surface area contributed by atoms with Crippen molar-refractivity contribution in [3.63, 3.8) is 0 Å². The van der Waals surface area contributed by atoms with Crippen molar-refractivity contribution in [2.24, 2.45) is 5.73 Å². The summed E-state index contributed by atoms with van der Waals surface area (Å²) < 4.78 is 0.773. The molecule has 0 aromatic carbocycles. The molecule has 0 radical (unpaired) electrons. The van der Waals surface area contributed by atoms with Crippen LogP contribution in [0.2, 0.25) is 0 Å². The van der Waals surface area contributed by atoms with Crippen LogP contribution in [0.4, 0.5) is 0 Å². The standard InChI is InChI=1S/C10H21N3O3/c1-13(2,3)7-6-12-9(14)5-4-8(11)10(15)16/h8H,4-7,11H2,1-3H3,(H-,12,14,15,16)/p+1/t8-/m0/s1. The molecule has 0 aliphatic rings. The van der Waals surface area contributed by atoms with Crippen molar-refractivity contribution >= 4 is 11.9 Å². The third kappa shape index (κ3) is 8.19. The van der Waals surface area contributed by atoms with Crippen molar-refractivity contribution in [1.82, 2.24) is 5.32 Å². The minimum atomic E-state index is -1.07. The Morgan fingerprint density at radius 3 is 2.38 bits per heavy atom. The van der Waals surface area contributed by atoms with Gasteiger partial charge in [0.05, 0.1) is 34.2 Å². The summed E-state index contributed by atoms with van der Waals surface area (Å²) in [6, 6.07) is -0.954. The molecule has 0 bridgehead atoms. The van der Waals surface area contributed by atoms with E-state index in [-0.39, 0.29) is 18.7 Å². The molecule has 0 fully saturated rings. The zero-order valence-electron chi connectivity index (χ0n) is 10.2. The smallest absolute Gasteiger partial charge is 0.320 e. The van der Waals surface area contributed by atoms with Gasteiger partial charge >= 0.3 is 5.97 Å². The van der Waals surface area contributed by atoms with E-state index in [1.54, 1.807) is 0 Å². The van der Waals surface area contributed by atoms with Crippen LogP contribution in [0.15, 0.2) is 0 Å². The SMILES string of the molecule is C[N+](C)(C)CCNC(=O)CC[C@H](N)C(=O)O. The number of carbonyl (C=O) groups excluding carboxylic acids is 1. The van der Waals surface area contributed by atoms with Gasteiger partial charge in [0.1, 0.15) is 6.04 Å². The summed E-state index contributed by atoms with van der Waals surface area (Å²) in [7, 11) is 6.10. The fourth-order valence-electron chi connectivity index (χ4n) is 1.03. The normalized spacial score (nSPS) is 13.2. The summed E-state index contributed by atoms with van der Waals surface area (Å²) in [6.45, 7) is 1.42. The average Bonchev–Trinajstić information content (AvgIpc) is 2.11. The van der Waals surface area contributed by atoms with E-state index >= 15 is 0 Å². The Hall–Kier alpha value is -1.14. The fraction of sp³-hybridized carbons (Fsp3) is 0.800. The molecule has 0 saturated carbocycles. The molecule has 0 saturated heterocycles. The van der Waals surface area contributed by atoms with E-state index in [9.17, 15) is 9.59 Å². The number of likely N-dealkylation sites (N-methyl/N-ethyl adjacent to an activating group) is 1. The largest absolute Gasteiger partial charge is 0.480 e. The summed E-state index contributed by atoms with van der Waals surface area (Å²) in [5, 5.41) is 11.2. The Labute approximate surface area is 96.0 Å². The molecule has 94 valence electrons. The molecule has 1 amide bonds. The van der Waals surface area contributed by atoms with Crippen molar-refractivity contribution < 1.29 is 19.2 Å². The molecule has 6 nitrogen and oxygen atoms in total. The fourth-order valence-corrected chi connectivity index (χ4v) is 1.03. The molecule has 16 heavy (non-hydrogen) atoms. The van der Waals surface area contributed by atoms with Gasteiger partial charge in [-0.1, -0.05) is 0 Å². The minimum Gasteiger partial charge on any atom is -0.480 e. The van der Waals surface area contributed by atoms with Crippen molar-refractivity contribution in [3.8, 4) is 0 Å². The number of carboxylic acid groups (broad SMARTS) is 1. The summed E-state index contributed by atoms with van der Waals surface area (Å²) >= 11 is 0. The predicted octanol–water partition coefficient (Wildman–Crippen LogP) is -0.999. The molecule has 0 aliphatic carbocycles. The number of quaternary nitrogens is 1. The van der Waals surface area contributed by atoms with Crippen molar-refractivity contribution in [3.05, 3.63) is 0 Å². The van der Waals surface area contributed by atoms with Crippen LogP contribution in [0.1, 0.15) is 12.8 Å². The number of aliphatic carboxylic acids is 1. The molecule has 6 heteroatoms. The van der Waals surface area contributed by atoms with Gasteiger partial charge in [0.2, 0.25) is 5.91 Å². The van der Waals surface area contributed by atoms with E-state index in [1.807, 2.05) is 21.1 Å². The van der Waals surface area contributed by atoms with Gasteiger partial charge in [-0.25, -0.2) is 0 Å². The summed E-state index contributed by atoms with van der Waals surface area (Å²) in [4.78, 5) is 21.7. The predicted molar refractivity (Wildman–Crippen MR) is 60.8 cm³/mol. The topological polar surface area (TPSA) is 92.4 Å². The third-order valence-corrected chi connectivity index (χ3v) is 2.10. The quantitative estimate of drug-likeness (QED) is 0.491. The lowest BCUT2D eigenvalue weighted by molar-refractivity contribution is -0.869. The van der Waals surface area contributed by atoms with Crippen LogP contribution in [0.5, 0.6) is 0 Å². The van der Waals surface area contributed by atoms with Gasteiger partial charge in [-0.15, -0.1) is 0 Å². The van der Waals surface area contributed by atoms with E-state index in [1.165, 1.54) is 0 Å². The second-order valence-electron chi connectivity index (χ2n) is 4.85. The lowest BCUT2D eigenvalue weighted by Crippen LogP contribution is -2.42. The van der Waals surface area contributed by atoms with E-state index in [2.05, 4.69) is 5.32 Å². The molecular formula is C10H22N3O3+. The molecule has 0 spiro atoms. The van der Waals surface area contributed by atoms with Crippen LogP contribution >= 0.6 is 0 Å². The molecule has 0 aliphatic heterocycles. The highest BCUT2D eigenvalue weighted by atomic mass is 16.4. The molecule has 1 atom stereocenters. The number of hydrogen-bond acceptors (Lipinski definition) is 3. The maximum absolute atomic E-state index is 11.3. The highest BCUT2D eigenvalue weighted by Crippen LogP contribution is 1.95. The Bertz CT molecular complexity index is 248. The van der Waals surface area contributed by atoms with Crippen LogP contribution in [0, 0.1) is 0 Å². The Morgan fingerprint density at radius 1 is 1.38 bits per heavy atom. The first kappa shape index (κ1) is 14.9. The van der Waals surface area contributed by atoms with Crippen LogP contribution in [0.25, 0.3) is 0 Å². The molecule has 0 rings (SSSR count). The maximum atomic E-state index is 11.3. The summed E-state index contributed by atoms with van der Waals surface area (Å²) in [5.74, 6) is -1.22. The summed E-state index contributed by atoms with van der Waals surface area (Å²) in [6.07, 6.45) is 0.330. The molecule has 4 N–H and O–H groups in total. The van der Waals surface area contributed by atoms with Crippen LogP contribution < -0.4 is 11.1 Å². The van der Waals surface area contributed by atoms with Gasteiger partial charge in [0, 0.05) is 6.42 Å². The Morgan fingerprint density at radius 2 is 1.94 bits per heavy atom. The average molecular weight is 232 g/mol. The second kappa shape index (κ2) is 6.44. The van der Waals surface area contributed by atoms with Gasteiger partial charge < -0.3 is 20.6 Å². The van der Waals surface area contributed by atoms with E-state index in [0.717, 1.165) is 11.0 Å². The highest BCUT2D eigenvalue weighted by molar-refractivity contribution is 5.78. The van der Waals surface area contributed by atoms with Gasteiger partial charge in [0.15, 0.2) is 0 Å². The highest BCUT2D eigenvalue weighted by Gasteiger charge is 2.13. The maximum Gasteiger partial charge on any atom is 0.320 e. The number of rotatable bonds is 7. The zero-order valence-corrected chi connectivity index (χ0v) is 10.2. The first-order chi connectivity index (χ1) is 7.22. The van der Waals surface area contributed by atoms with Gasteiger partial charge in [-0.05, 0) is 6.42 Å². The van der Waals surface area contributed by atoms with Crippen molar-refractivity contribution in [2.45, 2.75) is 18.9 Å². The van der Waals surface area contributed by atoms with Gasteiger partial charge in [0.25, 0.3) is 0 Å². The molecule has 0 aromatic heterocycles. The van der Waals surface area contributed by atoms with E-state index in [0.29, 0.717) is 6.54 Å². The number of carboxylic acids is 1. The van der Waals surface area contributed by atoms with Crippen molar-refractivity contribution in [2.75, 3.05) is 34.2 Å². The zero-order chi connectivity index (χ0) is 12.8. The first-order valence-corrected chi connectivity index (χ1v) is 5.28. The molecule has 0 aromatic rings. The van der Waals surface area contributed by atoms with Gasteiger partial charge in [-0.3, -0.25) is 9.59 Å². The number of nitrogens with zero attached hydrogens (tertiary/aromatic N) is 1. The van der Waals surface area contributed by atoms with Crippen LogP contribution in [-0.4, -0.2) is 61.7 Å². The van der Waals surface area contributed by atoms with Gasteiger partial charge in [-0.2, -0.15) is 0 Å². The monoisotopic (exact) mass is 232 g/mol. The molecule has 0 unspecified atom stereocenters. The number of carbonyl (C=O) groups is 2. The van der Waals surface area contributed by atoms with Crippen LogP contribution in [0.3, 0.4) is 0 Å². The Kier molecular flexibility index (Phi) is 5.98. The molecule has 0 heterocycles. The number of amides is 1. The third-order valence-electron chi connectivity index (χ3n) is 2.10. The van der Waals surface area contributed by atoms with Crippen molar-refractivity contribution in [1.29, 1.82) is 0 Å². The van der Waals surface area contributed by atoms with E-state index < -0.39 is 12.0 Å². The Balaban J connectivity index is 3.64. The second-order valence-corrected chi connectivity index (χ2v) is 4.85. The number of nitrogens with one attached hydrogen (secondary N) is 1. The number of nitrogens with two attached hydrogens (primary N) is 1. The lowest BCUT2D eigenvalue weighted by atomic mass is 10.1. The number of hydrogen-bond donors (Lipinski definition) is 3. The minimum absolute atomic E-state index is 0.148. The van der Waals surface area contributed by atoms with E-state index in [4.69, 9.17) is 10.8 Å². The van der Waals surface area contributed by atoms with Crippen LogP contribution in [-0.2, 0) is 9.59 Å². The first-order valence-electron chi connectivity index (χ1n) is 5.28.